The van der Waals surface area contributed by atoms with Crippen LogP contribution in [-0.4, -0.2) is 31.1 Å². The minimum absolute atomic E-state index is 0.702. The smallest absolute Gasteiger partial charge is 0.00218 e. The van der Waals surface area contributed by atoms with Crippen LogP contribution in [0.15, 0.2) is 0 Å². The number of rotatable bonds is 6. The molecule has 102 valence electrons. The highest BCUT2D eigenvalue weighted by molar-refractivity contribution is 4.73. The van der Waals surface area contributed by atoms with Crippen LogP contribution < -0.4 is 5.73 Å². The Bertz CT molecular complexity index is 191. The summed E-state index contributed by atoms with van der Waals surface area (Å²) >= 11 is 0. The first kappa shape index (κ1) is 15.0. The van der Waals surface area contributed by atoms with E-state index >= 15 is 0 Å². The fourth-order valence-electron chi connectivity index (χ4n) is 3.09. The molecule has 2 atom stereocenters. The Kier molecular flexibility index (Phi) is 7.14. The van der Waals surface area contributed by atoms with E-state index in [1.807, 2.05) is 0 Å². The van der Waals surface area contributed by atoms with Crippen molar-refractivity contribution >= 4 is 0 Å². The van der Waals surface area contributed by atoms with Gasteiger partial charge in [0.15, 0.2) is 0 Å². The van der Waals surface area contributed by atoms with E-state index in [9.17, 15) is 0 Å². The molecular formula is C15H32N2. The summed E-state index contributed by atoms with van der Waals surface area (Å²) in [5.74, 6) is 2.45. The van der Waals surface area contributed by atoms with E-state index < -0.39 is 0 Å². The lowest BCUT2D eigenvalue weighted by Crippen LogP contribution is -2.34. The van der Waals surface area contributed by atoms with Crippen LogP contribution in [0.5, 0.6) is 0 Å². The maximum Gasteiger partial charge on any atom is 0.00218 e. The number of hydrogen-bond acceptors (Lipinski definition) is 2. The van der Waals surface area contributed by atoms with Gasteiger partial charge in [-0.3, -0.25) is 0 Å². The summed E-state index contributed by atoms with van der Waals surface area (Å²) < 4.78 is 0. The number of likely N-dealkylation sites (tertiary alicyclic amines) is 1. The summed E-state index contributed by atoms with van der Waals surface area (Å²) in [5, 5.41) is 0. The summed E-state index contributed by atoms with van der Waals surface area (Å²) in [4.78, 5) is 2.66. The second-order valence-corrected chi connectivity index (χ2v) is 6.24. The van der Waals surface area contributed by atoms with Gasteiger partial charge in [0.1, 0.15) is 0 Å². The molecule has 2 N–H and O–H groups in total. The predicted molar refractivity (Wildman–Crippen MR) is 76.1 cm³/mol. The lowest BCUT2D eigenvalue weighted by atomic mass is 9.96. The van der Waals surface area contributed by atoms with Crippen molar-refractivity contribution in [2.24, 2.45) is 23.5 Å². The van der Waals surface area contributed by atoms with Crippen molar-refractivity contribution in [2.45, 2.75) is 52.9 Å². The summed E-state index contributed by atoms with van der Waals surface area (Å²) in [7, 11) is 0. The first-order valence-electron chi connectivity index (χ1n) is 7.58. The summed E-state index contributed by atoms with van der Waals surface area (Å²) in [6.45, 7) is 11.6. The quantitative estimate of drug-likeness (QED) is 0.773. The zero-order valence-corrected chi connectivity index (χ0v) is 12.1. The molecule has 0 saturated carbocycles. The molecule has 0 aliphatic carbocycles. The highest BCUT2D eigenvalue weighted by atomic mass is 15.1. The Morgan fingerprint density at radius 1 is 1.24 bits per heavy atom. The van der Waals surface area contributed by atoms with Gasteiger partial charge in [-0.05, 0) is 63.1 Å². The third-order valence-corrected chi connectivity index (χ3v) is 4.17. The second-order valence-electron chi connectivity index (χ2n) is 6.24. The van der Waals surface area contributed by atoms with Gasteiger partial charge in [0.2, 0.25) is 0 Å². The molecule has 0 aromatic rings. The van der Waals surface area contributed by atoms with Crippen LogP contribution in [0.25, 0.3) is 0 Å². The predicted octanol–water partition coefficient (Wildman–Crippen LogP) is 3.12. The Morgan fingerprint density at radius 2 is 2.00 bits per heavy atom. The number of nitrogens with two attached hydrogens (primary N) is 1. The highest BCUT2D eigenvalue weighted by Crippen LogP contribution is 2.21. The molecule has 0 bridgehead atoms. The monoisotopic (exact) mass is 240 g/mol. The lowest BCUT2D eigenvalue weighted by Gasteiger charge is -2.26. The van der Waals surface area contributed by atoms with Gasteiger partial charge in [-0.2, -0.15) is 0 Å². The fourth-order valence-corrected chi connectivity index (χ4v) is 3.09. The van der Waals surface area contributed by atoms with Gasteiger partial charge in [-0.25, -0.2) is 0 Å². The van der Waals surface area contributed by atoms with Gasteiger partial charge >= 0.3 is 0 Å². The minimum Gasteiger partial charge on any atom is -0.330 e. The van der Waals surface area contributed by atoms with Gasteiger partial charge in [-0.15, -0.1) is 0 Å². The first-order chi connectivity index (χ1) is 8.15. The van der Waals surface area contributed by atoms with Crippen LogP contribution in [0.1, 0.15) is 52.9 Å². The third-order valence-electron chi connectivity index (χ3n) is 4.17. The lowest BCUT2D eigenvalue weighted by molar-refractivity contribution is 0.221. The van der Waals surface area contributed by atoms with Crippen molar-refractivity contribution in [3.05, 3.63) is 0 Å². The zero-order valence-electron chi connectivity index (χ0n) is 12.1. The average molecular weight is 240 g/mol. The molecule has 1 rings (SSSR count). The van der Waals surface area contributed by atoms with E-state index in [0.717, 1.165) is 18.4 Å². The molecule has 1 heterocycles. The van der Waals surface area contributed by atoms with Crippen LogP contribution in [0.3, 0.4) is 0 Å². The van der Waals surface area contributed by atoms with Crippen LogP contribution in [-0.2, 0) is 0 Å². The van der Waals surface area contributed by atoms with E-state index in [4.69, 9.17) is 5.73 Å². The molecule has 0 amide bonds. The van der Waals surface area contributed by atoms with Gasteiger partial charge in [0.05, 0.1) is 0 Å². The Labute approximate surface area is 108 Å². The largest absolute Gasteiger partial charge is 0.330 e. The molecule has 1 saturated heterocycles. The average Bonchev–Trinajstić information content (AvgIpc) is 2.52. The van der Waals surface area contributed by atoms with E-state index in [-0.39, 0.29) is 0 Å². The van der Waals surface area contributed by atoms with Crippen molar-refractivity contribution in [1.29, 1.82) is 0 Å². The molecule has 0 spiro atoms. The molecule has 2 unspecified atom stereocenters. The van der Waals surface area contributed by atoms with E-state index in [1.54, 1.807) is 0 Å². The summed E-state index contributed by atoms with van der Waals surface area (Å²) in [6.07, 6.45) is 6.86. The van der Waals surface area contributed by atoms with Crippen molar-refractivity contribution in [3.63, 3.8) is 0 Å². The number of nitrogens with zero attached hydrogens (tertiary/aromatic N) is 1. The standard InChI is InChI=1S/C15H32N2/c1-4-14-6-5-8-17(9-7-14)12-15(11-16)10-13(2)3/h13-15H,4-12,16H2,1-3H3. The topological polar surface area (TPSA) is 29.3 Å². The molecule has 0 aromatic carbocycles. The Morgan fingerprint density at radius 3 is 2.59 bits per heavy atom. The van der Waals surface area contributed by atoms with E-state index in [2.05, 4.69) is 25.7 Å². The van der Waals surface area contributed by atoms with Crippen molar-refractivity contribution in [3.8, 4) is 0 Å². The van der Waals surface area contributed by atoms with Crippen LogP contribution >= 0.6 is 0 Å². The normalized spacial score (nSPS) is 24.9. The van der Waals surface area contributed by atoms with Crippen LogP contribution in [0, 0.1) is 17.8 Å². The molecule has 1 fully saturated rings. The maximum atomic E-state index is 5.90. The van der Waals surface area contributed by atoms with Crippen LogP contribution in [0.4, 0.5) is 0 Å². The van der Waals surface area contributed by atoms with E-state index in [1.165, 1.54) is 51.7 Å². The number of hydrogen-bond donors (Lipinski definition) is 1. The zero-order chi connectivity index (χ0) is 12.7. The molecule has 1 aliphatic rings. The van der Waals surface area contributed by atoms with Gasteiger partial charge in [-0.1, -0.05) is 27.2 Å². The molecule has 2 heteroatoms. The van der Waals surface area contributed by atoms with Crippen molar-refractivity contribution < 1.29 is 0 Å². The van der Waals surface area contributed by atoms with Crippen molar-refractivity contribution in [2.75, 3.05) is 26.2 Å². The maximum absolute atomic E-state index is 5.90. The SMILES string of the molecule is CCC1CCCN(CC(CN)CC(C)C)CC1. The molecule has 0 aromatic heterocycles. The fraction of sp³-hybridized carbons (Fsp3) is 1.00. The summed E-state index contributed by atoms with van der Waals surface area (Å²) in [5.41, 5.74) is 5.90. The van der Waals surface area contributed by atoms with E-state index in [0.29, 0.717) is 5.92 Å². The summed E-state index contributed by atoms with van der Waals surface area (Å²) in [6, 6.07) is 0. The highest BCUT2D eigenvalue weighted by Gasteiger charge is 2.18. The molecule has 0 radical (unpaired) electrons. The molecule has 2 nitrogen and oxygen atoms in total. The molecule has 17 heavy (non-hydrogen) atoms. The molecular weight excluding hydrogens is 208 g/mol. The molecule has 1 aliphatic heterocycles. The van der Waals surface area contributed by atoms with Crippen LogP contribution in [0.2, 0.25) is 0 Å². The van der Waals surface area contributed by atoms with Gasteiger partial charge in [0.25, 0.3) is 0 Å². The Hall–Kier alpha value is -0.0800. The van der Waals surface area contributed by atoms with Crippen molar-refractivity contribution in [1.82, 2.24) is 4.90 Å². The van der Waals surface area contributed by atoms with Gasteiger partial charge in [0, 0.05) is 6.54 Å². The van der Waals surface area contributed by atoms with Gasteiger partial charge < -0.3 is 10.6 Å². The Balaban J connectivity index is 2.34. The second kappa shape index (κ2) is 8.10. The third kappa shape index (κ3) is 5.87. The minimum atomic E-state index is 0.702. The first-order valence-corrected chi connectivity index (χ1v) is 7.58.